The van der Waals surface area contributed by atoms with Crippen LogP contribution in [0.4, 0.5) is 0 Å². The molecule has 2 rings (SSSR count). The Labute approximate surface area is 90.1 Å². The molecule has 0 radical (unpaired) electrons. The second-order valence-corrected chi connectivity index (χ2v) is 4.67. The molecular weight excluding hydrogens is 194 g/mol. The summed E-state index contributed by atoms with van der Waals surface area (Å²) in [5, 5.41) is 0. The number of nitrogens with two attached hydrogens (primary N) is 1. The fourth-order valence-electron chi connectivity index (χ4n) is 2.16. The molecule has 1 saturated heterocycles. The van der Waals surface area contributed by atoms with Crippen LogP contribution in [0.25, 0.3) is 0 Å². The summed E-state index contributed by atoms with van der Waals surface area (Å²) in [6, 6.07) is 0. The maximum absolute atomic E-state index is 11.8. The SMILES string of the molecule is NCC1(C(=O)OCC2CCOC2)CCC1. The van der Waals surface area contributed by atoms with Gasteiger partial charge in [-0.15, -0.1) is 0 Å². The first-order chi connectivity index (χ1) is 7.27. The monoisotopic (exact) mass is 213 g/mol. The van der Waals surface area contributed by atoms with Gasteiger partial charge in [-0.05, 0) is 19.3 Å². The van der Waals surface area contributed by atoms with Crippen LogP contribution in [0.3, 0.4) is 0 Å². The number of carbonyl (C=O) groups is 1. The van der Waals surface area contributed by atoms with Gasteiger partial charge in [0.1, 0.15) is 0 Å². The van der Waals surface area contributed by atoms with Crippen LogP contribution in [0.15, 0.2) is 0 Å². The summed E-state index contributed by atoms with van der Waals surface area (Å²) in [4.78, 5) is 11.8. The average molecular weight is 213 g/mol. The Kier molecular flexibility index (Phi) is 3.26. The van der Waals surface area contributed by atoms with E-state index in [1.54, 1.807) is 0 Å². The van der Waals surface area contributed by atoms with E-state index < -0.39 is 0 Å². The van der Waals surface area contributed by atoms with E-state index in [4.69, 9.17) is 15.2 Å². The molecule has 1 atom stereocenters. The predicted molar refractivity (Wildman–Crippen MR) is 55.2 cm³/mol. The average Bonchev–Trinajstić information content (AvgIpc) is 2.66. The molecule has 0 aromatic heterocycles. The smallest absolute Gasteiger partial charge is 0.313 e. The summed E-state index contributed by atoms with van der Waals surface area (Å²) in [5.41, 5.74) is 5.28. The highest BCUT2D eigenvalue weighted by Gasteiger charge is 2.44. The van der Waals surface area contributed by atoms with Crippen molar-refractivity contribution < 1.29 is 14.3 Å². The maximum atomic E-state index is 11.8. The molecule has 86 valence electrons. The molecule has 1 unspecified atom stereocenters. The van der Waals surface area contributed by atoms with E-state index in [-0.39, 0.29) is 11.4 Å². The zero-order valence-electron chi connectivity index (χ0n) is 9.04. The topological polar surface area (TPSA) is 61.6 Å². The largest absolute Gasteiger partial charge is 0.465 e. The molecular formula is C11H19NO3. The molecule has 0 spiro atoms. The normalized spacial score (nSPS) is 28.5. The Morgan fingerprint density at radius 1 is 1.53 bits per heavy atom. The fourth-order valence-corrected chi connectivity index (χ4v) is 2.16. The minimum absolute atomic E-state index is 0.0943. The zero-order valence-corrected chi connectivity index (χ0v) is 9.04. The van der Waals surface area contributed by atoms with Crippen LogP contribution >= 0.6 is 0 Å². The Hall–Kier alpha value is -0.610. The van der Waals surface area contributed by atoms with Crippen molar-refractivity contribution in [2.45, 2.75) is 25.7 Å². The Bertz CT molecular complexity index is 226. The Balaban J connectivity index is 1.76. The summed E-state index contributed by atoms with van der Waals surface area (Å²) >= 11 is 0. The van der Waals surface area contributed by atoms with Crippen molar-refractivity contribution in [1.29, 1.82) is 0 Å². The summed E-state index contributed by atoms with van der Waals surface area (Å²) in [5.74, 6) is 0.298. The minimum Gasteiger partial charge on any atom is -0.465 e. The van der Waals surface area contributed by atoms with Crippen molar-refractivity contribution in [3.8, 4) is 0 Å². The van der Waals surface area contributed by atoms with Crippen molar-refractivity contribution in [1.82, 2.24) is 0 Å². The molecule has 1 aliphatic heterocycles. The molecule has 4 heteroatoms. The maximum Gasteiger partial charge on any atom is 0.313 e. The molecule has 2 aliphatic rings. The van der Waals surface area contributed by atoms with Gasteiger partial charge in [0.05, 0.1) is 18.6 Å². The number of esters is 1. The highest BCUT2D eigenvalue weighted by molar-refractivity contribution is 5.78. The predicted octanol–water partition coefficient (Wildman–Crippen LogP) is 0.695. The van der Waals surface area contributed by atoms with Crippen LogP contribution in [-0.2, 0) is 14.3 Å². The van der Waals surface area contributed by atoms with Crippen molar-refractivity contribution >= 4 is 5.97 Å². The molecule has 1 saturated carbocycles. The third-order valence-electron chi connectivity index (χ3n) is 3.61. The third kappa shape index (κ3) is 2.16. The van der Waals surface area contributed by atoms with E-state index in [2.05, 4.69) is 0 Å². The van der Waals surface area contributed by atoms with Crippen molar-refractivity contribution in [3.05, 3.63) is 0 Å². The number of carbonyl (C=O) groups excluding carboxylic acids is 1. The van der Waals surface area contributed by atoms with Gasteiger partial charge < -0.3 is 15.2 Å². The molecule has 1 aliphatic carbocycles. The van der Waals surface area contributed by atoms with Crippen LogP contribution in [0.5, 0.6) is 0 Å². The van der Waals surface area contributed by atoms with Gasteiger partial charge in [0, 0.05) is 19.1 Å². The Morgan fingerprint density at radius 2 is 2.33 bits per heavy atom. The summed E-state index contributed by atoms with van der Waals surface area (Å²) < 4.78 is 10.6. The standard InChI is InChI=1S/C11H19NO3/c12-8-11(3-1-4-11)10(13)15-7-9-2-5-14-6-9/h9H,1-8,12H2. The van der Waals surface area contributed by atoms with Crippen molar-refractivity contribution in [2.24, 2.45) is 17.1 Å². The number of ether oxygens (including phenoxy) is 2. The highest BCUT2D eigenvalue weighted by atomic mass is 16.5. The molecule has 2 fully saturated rings. The van der Waals surface area contributed by atoms with Gasteiger partial charge in [-0.1, -0.05) is 6.42 Å². The third-order valence-corrected chi connectivity index (χ3v) is 3.61. The van der Waals surface area contributed by atoms with E-state index in [1.165, 1.54) is 0 Å². The molecule has 15 heavy (non-hydrogen) atoms. The lowest BCUT2D eigenvalue weighted by Gasteiger charge is -2.38. The van der Waals surface area contributed by atoms with Crippen LogP contribution in [0, 0.1) is 11.3 Å². The lowest BCUT2D eigenvalue weighted by atomic mass is 9.69. The van der Waals surface area contributed by atoms with Gasteiger partial charge in [0.15, 0.2) is 0 Å². The van der Waals surface area contributed by atoms with Gasteiger partial charge in [-0.2, -0.15) is 0 Å². The van der Waals surface area contributed by atoms with Gasteiger partial charge in [-0.25, -0.2) is 0 Å². The summed E-state index contributed by atoms with van der Waals surface area (Å²) in [6.07, 6.45) is 3.88. The summed E-state index contributed by atoms with van der Waals surface area (Å²) in [6.45, 7) is 2.45. The number of rotatable bonds is 4. The zero-order chi connectivity index (χ0) is 10.7. The lowest BCUT2D eigenvalue weighted by Crippen LogP contribution is -2.45. The second kappa shape index (κ2) is 4.49. The van der Waals surface area contributed by atoms with Crippen molar-refractivity contribution in [3.63, 3.8) is 0 Å². The summed E-state index contributed by atoms with van der Waals surface area (Å²) in [7, 11) is 0. The first-order valence-electron chi connectivity index (χ1n) is 5.72. The highest BCUT2D eigenvalue weighted by Crippen LogP contribution is 2.41. The molecule has 0 aromatic rings. The fraction of sp³-hybridized carbons (Fsp3) is 0.909. The second-order valence-electron chi connectivity index (χ2n) is 4.67. The van der Waals surface area contributed by atoms with Gasteiger partial charge >= 0.3 is 5.97 Å². The first-order valence-corrected chi connectivity index (χ1v) is 5.72. The van der Waals surface area contributed by atoms with Crippen LogP contribution in [0.2, 0.25) is 0 Å². The number of hydrogen-bond donors (Lipinski definition) is 1. The van der Waals surface area contributed by atoms with Gasteiger partial charge in [-0.3, -0.25) is 4.79 Å². The molecule has 4 nitrogen and oxygen atoms in total. The Morgan fingerprint density at radius 3 is 2.80 bits per heavy atom. The quantitative estimate of drug-likeness (QED) is 0.698. The van der Waals surface area contributed by atoms with Crippen molar-refractivity contribution in [2.75, 3.05) is 26.4 Å². The van der Waals surface area contributed by atoms with Crippen LogP contribution in [-0.4, -0.2) is 32.3 Å². The van der Waals surface area contributed by atoms with E-state index in [0.29, 0.717) is 19.1 Å². The van der Waals surface area contributed by atoms with E-state index in [1.807, 2.05) is 0 Å². The van der Waals surface area contributed by atoms with E-state index in [9.17, 15) is 4.79 Å². The van der Waals surface area contributed by atoms with Gasteiger partial charge in [0.25, 0.3) is 0 Å². The van der Waals surface area contributed by atoms with Crippen LogP contribution in [0.1, 0.15) is 25.7 Å². The molecule has 2 N–H and O–H groups in total. The molecule has 0 amide bonds. The number of hydrogen-bond acceptors (Lipinski definition) is 4. The van der Waals surface area contributed by atoms with Gasteiger partial charge in [0.2, 0.25) is 0 Å². The van der Waals surface area contributed by atoms with Crippen LogP contribution < -0.4 is 5.73 Å². The van der Waals surface area contributed by atoms with E-state index in [0.717, 1.165) is 38.9 Å². The molecule has 0 aromatic carbocycles. The minimum atomic E-state index is -0.348. The molecule has 0 bridgehead atoms. The lowest BCUT2D eigenvalue weighted by molar-refractivity contribution is -0.162. The van der Waals surface area contributed by atoms with E-state index >= 15 is 0 Å². The first kappa shape index (κ1) is 10.9. The molecule has 1 heterocycles.